The molecule has 1 amide bonds. The van der Waals surface area contributed by atoms with Crippen molar-refractivity contribution in [1.29, 1.82) is 0 Å². The Morgan fingerprint density at radius 3 is 2.21 bits per heavy atom. The Morgan fingerprint density at radius 2 is 1.61 bits per heavy atom. The summed E-state index contributed by atoms with van der Waals surface area (Å²) < 4.78 is 67.4. The van der Waals surface area contributed by atoms with Crippen molar-refractivity contribution in [2.75, 3.05) is 11.6 Å². The quantitative estimate of drug-likeness (QED) is 0.757. The zero-order valence-corrected chi connectivity index (χ0v) is 15.6. The van der Waals surface area contributed by atoms with Gasteiger partial charge in [0.25, 0.3) is 5.91 Å². The topological polar surface area (TPSA) is 89.5 Å². The average molecular weight is 415 g/mol. The van der Waals surface area contributed by atoms with Gasteiger partial charge in [-0.05, 0) is 31.2 Å². The standard InChI is InChI=1S/C18H16F3NO5S/c1-11(16(23)22-14-9-5-4-8-13(14)18(19,20)21)27-17(24)12-7-3-6-10-15(12)28(2,25)26/h3-11H,1-2H3,(H,22,23)/t11-/m1/s1. The summed E-state index contributed by atoms with van der Waals surface area (Å²) >= 11 is 0. The number of ether oxygens (including phenoxy) is 1. The second kappa shape index (κ2) is 8.01. The molecule has 0 aliphatic rings. The van der Waals surface area contributed by atoms with Gasteiger partial charge in [-0.15, -0.1) is 0 Å². The fourth-order valence-electron chi connectivity index (χ4n) is 2.31. The molecule has 2 aromatic rings. The molecular formula is C18H16F3NO5S. The van der Waals surface area contributed by atoms with Crippen LogP contribution in [0, 0.1) is 0 Å². The van der Waals surface area contributed by atoms with Crippen molar-refractivity contribution in [2.24, 2.45) is 0 Å². The average Bonchev–Trinajstić information content (AvgIpc) is 2.60. The third-order valence-corrected chi connectivity index (χ3v) is 4.80. The summed E-state index contributed by atoms with van der Waals surface area (Å²) in [5.74, 6) is -2.09. The third kappa shape index (κ3) is 5.10. The van der Waals surface area contributed by atoms with E-state index >= 15 is 0 Å². The maximum absolute atomic E-state index is 13.0. The Balaban J connectivity index is 2.18. The van der Waals surface area contributed by atoms with Crippen molar-refractivity contribution in [3.63, 3.8) is 0 Å². The first kappa shape index (κ1) is 21.4. The highest BCUT2D eigenvalue weighted by molar-refractivity contribution is 7.90. The van der Waals surface area contributed by atoms with E-state index in [4.69, 9.17) is 4.74 Å². The molecular weight excluding hydrogens is 399 g/mol. The normalized spacial score (nSPS) is 12.9. The summed E-state index contributed by atoms with van der Waals surface area (Å²) in [5.41, 5.74) is -1.82. The minimum atomic E-state index is -4.68. The van der Waals surface area contributed by atoms with Crippen molar-refractivity contribution in [3.05, 3.63) is 59.7 Å². The minimum Gasteiger partial charge on any atom is -0.449 e. The first-order chi connectivity index (χ1) is 12.9. The Hall–Kier alpha value is -2.88. The summed E-state index contributed by atoms with van der Waals surface area (Å²) in [6.07, 6.45) is -5.25. The van der Waals surface area contributed by atoms with Crippen LogP contribution in [-0.2, 0) is 25.5 Å². The highest BCUT2D eigenvalue weighted by atomic mass is 32.2. The van der Waals surface area contributed by atoms with Gasteiger partial charge in [0, 0.05) is 6.26 Å². The van der Waals surface area contributed by atoms with Crippen molar-refractivity contribution in [1.82, 2.24) is 0 Å². The van der Waals surface area contributed by atoms with E-state index in [0.717, 1.165) is 25.3 Å². The van der Waals surface area contributed by atoms with E-state index < -0.39 is 45.2 Å². The van der Waals surface area contributed by atoms with E-state index in [9.17, 15) is 31.2 Å². The Kier molecular flexibility index (Phi) is 6.13. The molecule has 0 aliphatic heterocycles. The van der Waals surface area contributed by atoms with Crippen molar-refractivity contribution < 1.29 is 35.9 Å². The van der Waals surface area contributed by atoms with Crippen molar-refractivity contribution in [3.8, 4) is 0 Å². The predicted molar refractivity (Wildman–Crippen MR) is 94.5 cm³/mol. The zero-order chi connectivity index (χ0) is 21.1. The first-order valence-corrected chi connectivity index (χ1v) is 9.77. The van der Waals surface area contributed by atoms with Crippen LogP contribution in [0.15, 0.2) is 53.4 Å². The number of nitrogens with one attached hydrogen (secondary N) is 1. The fourth-order valence-corrected chi connectivity index (χ4v) is 3.19. The number of hydrogen-bond donors (Lipinski definition) is 1. The minimum absolute atomic E-state index is 0.277. The van der Waals surface area contributed by atoms with Gasteiger partial charge in [-0.2, -0.15) is 13.2 Å². The van der Waals surface area contributed by atoms with Gasteiger partial charge in [-0.3, -0.25) is 4.79 Å². The molecule has 0 unspecified atom stereocenters. The second-order valence-electron chi connectivity index (χ2n) is 5.85. The molecule has 0 aromatic heterocycles. The van der Waals surface area contributed by atoms with Crippen LogP contribution in [0.3, 0.4) is 0 Å². The fraction of sp³-hybridized carbons (Fsp3) is 0.222. The number of para-hydroxylation sites is 1. The molecule has 0 radical (unpaired) electrons. The van der Waals surface area contributed by atoms with Crippen LogP contribution in [0.25, 0.3) is 0 Å². The summed E-state index contributed by atoms with van der Waals surface area (Å²) in [7, 11) is -3.73. The monoisotopic (exact) mass is 415 g/mol. The number of carbonyl (C=O) groups excluding carboxylic acids is 2. The van der Waals surface area contributed by atoms with Gasteiger partial charge in [0.15, 0.2) is 15.9 Å². The zero-order valence-electron chi connectivity index (χ0n) is 14.8. The van der Waals surface area contributed by atoms with Crippen LogP contribution < -0.4 is 5.32 Å². The van der Waals surface area contributed by atoms with Crippen molar-refractivity contribution >= 4 is 27.4 Å². The number of hydrogen-bond acceptors (Lipinski definition) is 5. The highest BCUT2D eigenvalue weighted by Crippen LogP contribution is 2.34. The van der Waals surface area contributed by atoms with Gasteiger partial charge in [0.05, 0.1) is 21.7 Å². The largest absolute Gasteiger partial charge is 0.449 e. The lowest BCUT2D eigenvalue weighted by atomic mass is 10.1. The smallest absolute Gasteiger partial charge is 0.418 e. The van der Waals surface area contributed by atoms with Gasteiger partial charge >= 0.3 is 12.1 Å². The number of halogens is 3. The Labute approximate surface area is 159 Å². The third-order valence-electron chi connectivity index (χ3n) is 3.65. The molecule has 1 N–H and O–H groups in total. The molecule has 28 heavy (non-hydrogen) atoms. The number of anilines is 1. The summed E-state index contributed by atoms with van der Waals surface area (Å²) in [5, 5.41) is 2.06. The number of rotatable bonds is 5. The van der Waals surface area contributed by atoms with E-state index in [2.05, 4.69) is 5.32 Å². The van der Waals surface area contributed by atoms with Gasteiger partial charge in [0.1, 0.15) is 0 Å². The Morgan fingerprint density at radius 1 is 1.04 bits per heavy atom. The van der Waals surface area contributed by atoms with Crippen LogP contribution in [0.1, 0.15) is 22.8 Å². The molecule has 150 valence electrons. The van der Waals surface area contributed by atoms with Crippen LogP contribution >= 0.6 is 0 Å². The SMILES string of the molecule is C[C@@H](OC(=O)c1ccccc1S(C)(=O)=O)C(=O)Nc1ccccc1C(F)(F)F. The number of alkyl halides is 3. The lowest BCUT2D eigenvalue weighted by Crippen LogP contribution is -2.31. The number of esters is 1. The van der Waals surface area contributed by atoms with Crippen molar-refractivity contribution in [2.45, 2.75) is 24.1 Å². The predicted octanol–water partition coefficient (Wildman–Crippen LogP) is 3.29. The Bertz CT molecular complexity index is 1000. The molecule has 0 saturated carbocycles. The molecule has 0 aliphatic carbocycles. The summed E-state index contributed by atoms with van der Waals surface area (Å²) in [6.45, 7) is 1.16. The molecule has 2 aromatic carbocycles. The second-order valence-corrected chi connectivity index (χ2v) is 7.83. The summed E-state index contributed by atoms with van der Waals surface area (Å²) in [4.78, 5) is 24.1. The number of amides is 1. The van der Waals surface area contributed by atoms with Crippen LogP contribution in [0.4, 0.5) is 18.9 Å². The molecule has 0 saturated heterocycles. The molecule has 6 nitrogen and oxygen atoms in total. The first-order valence-electron chi connectivity index (χ1n) is 7.88. The molecule has 1 atom stereocenters. The highest BCUT2D eigenvalue weighted by Gasteiger charge is 2.34. The number of carbonyl (C=O) groups is 2. The van der Waals surface area contributed by atoms with E-state index in [1.54, 1.807) is 0 Å². The molecule has 0 bridgehead atoms. The lowest BCUT2D eigenvalue weighted by molar-refractivity contribution is -0.137. The van der Waals surface area contributed by atoms with E-state index in [0.29, 0.717) is 0 Å². The van der Waals surface area contributed by atoms with Gasteiger partial charge < -0.3 is 10.1 Å². The lowest BCUT2D eigenvalue weighted by Gasteiger charge is -2.17. The van der Waals surface area contributed by atoms with E-state index in [1.807, 2.05) is 0 Å². The maximum Gasteiger partial charge on any atom is 0.418 e. The maximum atomic E-state index is 13.0. The van der Waals surface area contributed by atoms with Crippen LogP contribution in [0.5, 0.6) is 0 Å². The van der Waals surface area contributed by atoms with Crippen LogP contribution in [-0.4, -0.2) is 32.7 Å². The molecule has 0 spiro atoms. The van der Waals surface area contributed by atoms with E-state index in [-0.39, 0.29) is 10.5 Å². The van der Waals surface area contributed by atoms with Gasteiger partial charge in [0.2, 0.25) is 0 Å². The van der Waals surface area contributed by atoms with Crippen LogP contribution in [0.2, 0.25) is 0 Å². The molecule has 2 rings (SSSR count). The molecule has 0 heterocycles. The molecule has 10 heteroatoms. The summed E-state index contributed by atoms with van der Waals surface area (Å²) in [6, 6.07) is 9.59. The number of benzene rings is 2. The molecule has 0 fully saturated rings. The number of sulfone groups is 1. The van der Waals surface area contributed by atoms with Gasteiger partial charge in [-0.1, -0.05) is 24.3 Å². The van der Waals surface area contributed by atoms with E-state index in [1.165, 1.54) is 36.4 Å². The van der Waals surface area contributed by atoms with Gasteiger partial charge in [-0.25, -0.2) is 13.2 Å².